The van der Waals surface area contributed by atoms with Crippen LogP contribution in [-0.2, 0) is 22.6 Å². The van der Waals surface area contributed by atoms with Crippen LogP contribution in [0.4, 0.5) is 9.18 Å². The zero-order chi connectivity index (χ0) is 22.3. The Morgan fingerprint density at radius 1 is 1.27 bits per heavy atom. The number of amides is 2. The number of fused-ring (bicyclic) bond motifs is 1. The van der Waals surface area contributed by atoms with Gasteiger partial charge < -0.3 is 19.5 Å². The summed E-state index contributed by atoms with van der Waals surface area (Å²) in [6.45, 7) is 9.87. The molecule has 2 heterocycles. The Labute approximate surface area is 183 Å². The Hall–Kier alpha value is -2.42. The van der Waals surface area contributed by atoms with Crippen LogP contribution in [-0.4, -0.2) is 44.1 Å². The van der Waals surface area contributed by atoms with Gasteiger partial charge in [0.15, 0.2) is 0 Å². The zero-order valence-corrected chi connectivity index (χ0v) is 19.3. The minimum atomic E-state index is -0.634. The topological polar surface area (TPSA) is 76.5 Å². The third kappa shape index (κ3) is 4.83. The molecule has 9 heteroatoms. The molecule has 0 spiro atoms. The third-order valence-electron chi connectivity index (χ3n) is 4.76. The molecule has 30 heavy (non-hydrogen) atoms. The number of benzene rings is 1. The van der Waals surface area contributed by atoms with E-state index < -0.39 is 17.2 Å². The molecule has 2 amide bonds. The molecule has 7 nitrogen and oxygen atoms in total. The van der Waals surface area contributed by atoms with Gasteiger partial charge in [-0.15, -0.1) is 0 Å². The van der Waals surface area contributed by atoms with Crippen LogP contribution in [0.25, 0.3) is 11.3 Å². The smallest absolute Gasteiger partial charge is 0.408 e. The van der Waals surface area contributed by atoms with E-state index in [2.05, 4.69) is 26.2 Å². The summed E-state index contributed by atoms with van der Waals surface area (Å²) in [6, 6.07) is 6.13. The number of halogens is 2. The van der Waals surface area contributed by atoms with E-state index in [9.17, 15) is 14.0 Å². The van der Waals surface area contributed by atoms with Gasteiger partial charge in [-0.25, -0.2) is 14.2 Å². The molecular formula is C21H26BrFN4O3. The monoisotopic (exact) mass is 480 g/mol. The summed E-state index contributed by atoms with van der Waals surface area (Å²) in [6.07, 6.45) is -0.631. The first-order valence-corrected chi connectivity index (χ1v) is 10.4. The molecule has 1 aromatic carbocycles. The van der Waals surface area contributed by atoms with Crippen LogP contribution < -0.4 is 5.32 Å². The van der Waals surface area contributed by atoms with E-state index in [1.807, 2.05) is 18.4 Å². The summed E-state index contributed by atoms with van der Waals surface area (Å²) in [5.41, 5.74) is 0.350. The van der Waals surface area contributed by atoms with Gasteiger partial charge in [0, 0.05) is 12.1 Å². The molecule has 1 aliphatic rings. The lowest BCUT2D eigenvalue weighted by molar-refractivity contribution is -0.138. The number of hydrogen-bond donors (Lipinski definition) is 1. The number of carbonyl (C=O) groups excluding carboxylic acids is 2. The molecule has 3 rings (SSSR count). The van der Waals surface area contributed by atoms with Crippen LogP contribution in [0.15, 0.2) is 28.9 Å². The van der Waals surface area contributed by atoms with Crippen molar-refractivity contribution in [2.24, 2.45) is 0 Å². The van der Waals surface area contributed by atoms with Gasteiger partial charge in [0.2, 0.25) is 5.91 Å². The largest absolute Gasteiger partial charge is 0.444 e. The van der Waals surface area contributed by atoms with E-state index >= 15 is 0 Å². The van der Waals surface area contributed by atoms with Crippen molar-refractivity contribution in [1.29, 1.82) is 0 Å². The average Bonchev–Trinajstić information content (AvgIpc) is 2.93. The second kappa shape index (κ2) is 8.02. The summed E-state index contributed by atoms with van der Waals surface area (Å²) >= 11 is 3.61. The first kappa shape index (κ1) is 22.3. The van der Waals surface area contributed by atoms with E-state index in [1.165, 1.54) is 12.1 Å². The molecule has 1 N–H and O–H groups in total. The van der Waals surface area contributed by atoms with Gasteiger partial charge in [-0.1, -0.05) is 0 Å². The fourth-order valence-electron chi connectivity index (χ4n) is 3.36. The first-order valence-electron chi connectivity index (χ1n) is 9.65. The van der Waals surface area contributed by atoms with Gasteiger partial charge in [-0.2, -0.15) is 0 Å². The number of ether oxygens (including phenoxy) is 1. The van der Waals surface area contributed by atoms with Gasteiger partial charge in [0.05, 0.1) is 12.1 Å². The van der Waals surface area contributed by atoms with E-state index in [0.717, 1.165) is 10.2 Å². The van der Waals surface area contributed by atoms with Crippen LogP contribution in [0.5, 0.6) is 0 Å². The molecule has 0 radical (unpaired) electrons. The molecule has 0 aliphatic carbocycles. The van der Waals surface area contributed by atoms with Crippen LogP contribution in [0, 0.1) is 5.82 Å². The number of carbonyl (C=O) groups is 2. The van der Waals surface area contributed by atoms with Crippen molar-refractivity contribution in [3.8, 4) is 11.3 Å². The quantitative estimate of drug-likeness (QED) is 0.717. The van der Waals surface area contributed by atoms with E-state index in [0.29, 0.717) is 24.6 Å². The lowest BCUT2D eigenvalue weighted by Gasteiger charge is -2.42. The van der Waals surface area contributed by atoms with Crippen molar-refractivity contribution >= 4 is 27.9 Å². The Morgan fingerprint density at radius 2 is 1.90 bits per heavy atom. The fourth-order valence-corrected chi connectivity index (χ4v) is 4.01. The number of nitrogens with one attached hydrogen (secondary N) is 1. The van der Waals surface area contributed by atoms with Crippen molar-refractivity contribution in [2.45, 2.75) is 58.8 Å². The highest BCUT2D eigenvalue weighted by atomic mass is 79.9. The molecule has 0 bridgehead atoms. The number of rotatable bonds is 3. The number of imidazole rings is 1. The SMILES string of the molecule is CC(C)(C)OC(=O)NCC(=O)N1Cc2nc(-c3ccc(F)cc3)c(Br)n2CC1(C)C. The maximum absolute atomic E-state index is 13.3. The van der Waals surface area contributed by atoms with Crippen molar-refractivity contribution in [2.75, 3.05) is 6.54 Å². The Balaban J connectivity index is 1.78. The van der Waals surface area contributed by atoms with Crippen molar-refractivity contribution in [1.82, 2.24) is 19.8 Å². The normalized spacial score (nSPS) is 15.5. The molecule has 0 saturated heterocycles. The van der Waals surface area contributed by atoms with Gasteiger partial charge in [0.1, 0.15) is 34.1 Å². The summed E-state index contributed by atoms with van der Waals surface area (Å²) in [5.74, 6) is 0.181. The summed E-state index contributed by atoms with van der Waals surface area (Å²) < 4.78 is 21.3. The van der Waals surface area contributed by atoms with Crippen molar-refractivity contribution in [3.05, 3.63) is 40.5 Å². The van der Waals surface area contributed by atoms with E-state index in [1.54, 1.807) is 37.8 Å². The lowest BCUT2D eigenvalue weighted by atomic mass is 10.00. The van der Waals surface area contributed by atoms with Crippen molar-refractivity contribution in [3.63, 3.8) is 0 Å². The summed E-state index contributed by atoms with van der Waals surface area (Å²) in [5, 5.41) is 2.52. The summed E-state index contributed by atoms with van der Waals surface area (Å²) in [4.78, 5) is 31.1. The Kier molecular flexibility index (Phi) is 5.95. The number of alkyl carbamates (subject to hydrolysis) is 1. The molecule has 0 fully saturated rings. The average molecular weight is 481 g/mol. The highest BCUT2D eigenvalue weighted by Gasteiger charge is 2.38. The number of aromatic nitrogens is 2. The van der Waals surface area contributed by atoms with Crippen LogP contribution in [0.3, 0.4) is 0 Å². The zero-order valence-electron chi connectivity index (χ0n) is 17.8. The standard InChI is InChI=1S/C21H26BrFN4O3/c1-20(2,3)30-19(29)24-10-16(28)27-11-15-25-17(13-6-8-14(23)9-7-13)18(22)26(15)12-21(27,4)5/h6-9H,10-12H2,1-5H3,(H,24,29). The third-order valence-corrected chi connectivity index (χ3v) is 5.57. The Morgan fingerprint density at radius 3 is 2.50 bits per heavy atom. The second-order valence-corrected chi connectivity index (χ2v) is 9.66. The van der Waals surface area contributed by atoms with Crippen molar-refractivity contribution < 1.29 is 18.7 Å². The first-order chi connectivity index (χ1) is 13.9. The highest BCUT2D eigenvalue weighted by molar-refractivity contribution is 9.10. The second-order valence-electron chi connectivity index (χ2n) is 8.91. The van der Waals surface area contributed by atoms with Gasteiger partial charge in [-0.05, 0) is 74.8 Å². The molecule has 0 unspecified atom stereocenters. The molecule has 1 aliphatic heterocycles. The predicted octanol–water partition coefficient (Wildman–Crippen LogP) is 4.10. The van der Waals surface area contributed by atoms with Crippen LogP contribution in [0.2, 0.25) is 0 Å². The van der Waals surface area contributed by atoms with Gasteiger partial charge >= 0.3 is 6.09 Å². The van der Waals surface area contributed by atoms with E-state index in [-0.39, 0.29) is 18.3 Å². The van der Waals surface area contributed by atoms with E-state index in [4.69, 9.17) is 4.74 Å². The summed E-state index contributed by atoms with van der Waals surface area (Å²) in [7, 11) is 0. The van der Waals surface area contributed by atoms with Gasteiger partial charge in [0.25, 0.3) is 0 Å². The molecule has 0 atom stereocenters. The molecule has 162 valence electrons. The minimum Gasteiger partial charge on any atom is -0.444 e. The molecular weight excluding hydrogens is 455 g/mol. The maximum atomic E-state index is 13.3. The number of hydrogen-bond acceptors (Lipinski definition) is 4. The highest BCUT2D eigenvalue weighted by Crippen LogP contribution is 2.35. The van der Waals surface area contributed by atoms with Gasteiger partial charge in [-0.3, -0.25) is 4.79 Å². The maximum Gasteiger partial charge on any atom is 0.408 e. The molecule has 0 saturated carbocycles. The minimum absolute atomic E-state index is 0.162. The molecule has 1 aromatic heterocycles. The molecule has 2 aromatic rings. The van der Waals surface area contributed by atoms with Crippen LogP contribution in [0.1, 0.15) is 40.4 Å². The van der Waals surface area contributed by atoms with Crippen LogP contribution >= 0.6 is 15.9 Å². The number of nitrogens with zero attached hydrogens (tertiary/aromatic N) is 3. The predicted molar refractivity (Wildman–Crippen MR) is 114 cm³/mol. The fraction of sp³-hybridized carbons (Fsp3) is 0.476. The Bertz CT molecular complexity index is 964. The lowest BCUT2D eigenvalue weighted by Crippen LogP contribution is -2.55.